The molecule has 0 aliphatic rings. The van der Waals surface area contributed by atoms with E-state index in [1.807, 2.05) is 66.1 Å². The van der Waals surface area contributed by atoms with E-state index in [-0.39, 0.29) is 5.97 Å². The van der Waals surface area contributed by atoms with Crippen LogP contribution in [0.2, 0.25) is 0 Å². The maximum Gasteiger partial charge on any atom is 0.345 e. The number of benzene rings is 2. The number of carbonyl (C=O) groups excluding carboxylic acids is 1. The predicted octanol–water partition coefficient (Wildman–Crippen LogP) is 4.59. The van der Waals surface area contributed by atoms with Gasteiger partial charge in [-0.15, -0.1) is 0 Å². The Bertz CT molecular complexity index is 580. The first-order valence-corrected chi connectivity index (χ1v) is 7.72. The molecule has 0 atom stereocenters. The molecule has 2 aromatic rings. The summed E-state index contributed by atoms with van der Waals surface area (Å²) >= 11 is 2.91. The van der Waals surface area contributed by atoms with Gasteiger partial charge in [0.1, 0.15) is 4.91 Å². The molecule has 0 aliphatic carbocycles. The summed E-state index contributed by atoms with van der Waals surface area (Å²) < 4.78 is 4.83. The number of rotatable bonds is 5. The molecule has 4 heteroatoms. The van der Waals surface area contributed by atoms with Gasteiger partial charge in [0.05, 0.1) is 7.11 Å². The molecule has 2 aromatic carbocycles. The third kappa shape index (κ3) is 4.47. The average Bonchev–Trinajstić information content (AvgIpc) is 2.52. The SMILES string of the molecule is COC(=O)/C(=C/Sc1ccccc1)Sc1ccccc1. The molecular formula is C16H14O2S2. The van der Waals surface area contributed by atoms with Crippen molar-refractivity contribution in [2.24, 2.45) is 0 Å². The summed E-state index contributed by atoms with van der Waals surface area (Å²) in [5.74, 6) is -0.317. The first-order chi connectivity index (χ1) is 9.79. The molecule has 0 amide bonds. The molecule has 2 rings (SSSR count). The zero-order valence-corrected chi connectivity index (χ0v) is 12.6. The van der Waals surface area contributed by atoms with Crippen molar-refractivity contribution in [1.82, 2.24) is 0 Å². The van der Waals surface area contributed by atoms with Crippen molar-refractivity contribution in [2.45, 2.75) is 9.79 Å². The highest BCUT2D eigenvalue weighted by atomic mass is 32.2. The molecule has 0 radical (unpaired) electrons. The van der Waals surface area contributed by atoms with Crippen LogP contribution < -0.4 is 0 Å². The van der Waals surface area contributed by atoms with Crippen molar-refractivity contribution >= 4 is 29.5 Å². The van der Waals surface area contributed by atoms with E-state index in [4.69, 9.17) is 4.74 Å². The fourth-order valence-electron chi connectivity index (χ4n) is 1.45. The van der Waals surface area contributed by atoms with Crippen molar-refractivity contribution in [1.29, 1.82) is 0 Å². The van der Waals surface area contributed by atoms with Crippen LogP contribution in [0.15, 0.2) is 80.8 Å². The molecule has 0 aromatic heterocycles. The largest absolute Gasteiger partial charge is 0.465 e. The fraction of sp³-hybridized carbons (Fsp3) is 0.0625. The summed E-state index contributed by atoms with van der Waals surface area (Å²) in [7, 11) is 1.40. The third-order valence-electron chi connectivity index (χ3n) is 2.40. The van der Waals surface area contributed by atoms with Gasteiger partial charge in [-0.2, -0.15) is 0 Å². The van der Waals surface area contributed by atoms with Gasteiger partial charge in [0.2, 0.25) is 0 Å². The third-order valence-corrected chi connectivity index (χ3v) is 4.46. The van der Waals surface area contributed by atoms with Gasteiger partial charge in [-0.3, -0.25) is 0 Å². The number of hydrogen-bond acceptors (Lipinski definition) is 4. The summed E-state index contributed by atoms with van der Waals surface area (Å²) in [5, 5.41) is 1.83. The maximum absolute atomic E-state index is 11.8. The Balaban J connectivity index is 2.13. The van der Waals surface area contributed by atoms with Crippen molar-refractivity contribution < 1.29 is 9.53 Å². The summed E-state index contributed by atoms with van der Waals surface area (Å²) in [4.78, 5) is 14.5. The topological polar surface area (TPSA) is 26.3 Å². The Hall–Kier alpha value is -1.65. The number of hydrogen-bond donors (Lipinski definition) is 0. The van der Waals surface area contributed by atoms with Gasteiger partial charge < -0.3 is 4.74 Å². The van der Waals surface area contributed by atoms with Gasteiger partial charge in [-0.1, -0.05) is 59.9 Å². The minimum absolute atomic E-state index is 0.317. The average molecular weight is 302 g/mol. The Morgan fingerprint density at radius 2 is 1.50 bits per heavy atom. The minimum Gasteiger partial charge on any atom is -0.465 e. The van der Waals surface area contributed by atoms with E-state index in [9.17, 15) is 4.79 Å². The molecule has 0 heterocycles. The summed E-state index contributed by atoms with van der Waals surface area (Å²) in [6, 6.07) is 19.7. The molecule has 20 heavy (non-hydrogen) atoms. The zero-order chi connectivity index (χ0) is 14.2. The van der Waals surface area contributed by atoms with Gasteiger partial charge >= 0.3 is 5.97 Å². The normalized spacial score (nSPS) is 11.2. The second kappa shape index (κ2) is 7.82. The number of methoxy groups -OCH3 is 1. The Morgan fingerprint density at radius 3 is 2.05 bits per heavy atom. The highest BCUT2D eigenvalue weighted by Crippen LogP contribution is 2.31. The van der Waals surface area contributed by atoms with Crippen molar-refractivity contribution in [3.8, 4) is 0 Å². The fourth-order valence-corrected chi connectivity index (χ4v) is 3.15. The van der Waals surface area contributed by atoms with E-state index in [2.05, 4.69) is 0 Å². The Morgan fingerprint density at radius 1 is 0.950 bits per heavy atom. The molecular weight excluding hydrogens is 288 g/mol. The molecule has 0 unspecified atom stereocenters. The predicted molar refractivity (Wildman–Crippen MR) is 84.7 cm³/mol. The van der Waals surface area contributed by atoms with Gasteiger partial charge in [-0.25, -0.2) is 4.79 Å². The van der Waals surface area contributed by atoms with Crippen LogP contribution in [0.3, 0.4) is 0 Å². The molecule has 102 valence electrons. The van der Waals surface area contributed by atoms with E-state index in [0.29, 0.717) is 4.91 Å². The quantitative estimate of drug-likeness (QED) is 0.458. The van der Waals surface area contributed by atoms with E-state index < -0.39 is 0 Å². The van der Waals surface area contributed by atoms with Crippen LogP contribution >= 0.6 is 23.5 Å². The monoisotopic (exact) mass is 302 g/mol. The smallest absolute Gasteiger partial charge is 0.345 e. The van der Waals surface area contributed by atoms with Crippen LogP contribution in [-0.2, 0) is 9.53 Å². The van der Waals surface area contributed by atoms with E-state index in [1.165, 1.54) is 30.6 Å². The maximum atomic E-state index is 11.8. The van der Waals surface area contributed by atoms with Gasteiger partial charge in [0.15, 0.2) is 0 Å². The molecule has 0 aliphatic heterocycles. The second-order valence-corrected chi connectivity index (χ2v) is 5.88. The molecule has 0 fully saturated rings. The van der Waals surface area contributed by atoms with Crippen LogP contribution in [0.1, 0.15) is 0 Å². The van der Waals surface area contributed by atoms with Crippen molar-refractivity contribution in [2.75, 3.05) is 7.11 Å². The van der Waals surface area contributed by atoms with E-state index >= 15 is 0 Å². The number of thioether (sulfide) groups is 2. The highest BCUT2D eigenvalue weighted by Gasteiger charge is 2.11. The standard InChI is InChI=1S/C16H14O2S2/c1-18-16(17)15(20-14-10-6-3-7-11-14)12-19-13-8-4-2-5-9-13/h2-12H,1H3/b15-12-. The van der Waals surface area contributed by atoms with Gasteiger partial charge in [0, 0.05) is 9.79 Å². The van der Waals surface area contributed by atoms with Crippen LogP contribution in [0.5, 0.6) is 0 Å². The first-order valence-electron chi connectivity index (χ1n) is 6.02. The molecule has 0 saturated carbocycles. The van der Waals surface area contributed by atoms with Crippen LogP contribution in [0, 0.1) is 0 Å². The van der Waals surface area contributed by atoms with Crippen LogP contribution in [0.4, 0.5) is 0 Å². The van der Waals surface area contributed by atoms with Crippen LogP contribution in [-0.4, -0.2) is 13.1 Å². The molecule has 0 spiro atoms. The molecule has 0 N–H and O–H groups in total. The number of carbonyl (C=O) groups is 1. The first kappa shape index (κ1) is 14.8. The summed E-state index contributed by atoms with van der Waals surface area (Å²) in [5.41, 5.74) is 0. The Labute approximate surface area is 127 Å². The number of ether oxygens (including phenoxy) is 1. The van der Waals surface area contributed by atoms with Crippen LogP contribution in [0.25, 0.3) is 0 Å². The zero-order valence-electron chi connectivity index (χ0n) is 11.0. The van der Waals surface area contributed by atoms with Crippen molar-refractivity contribution in [3.05, 3.63) is 71.0 Å². The van der Waals surface area contributed by atoms with Gasteiger partial charge in [0.25, 0.3) is 0 Å². The van der Waals surface area contributed by atoms with Crippen molar-refractivity contribution in [3.63, 3.8) is 0 Å². The summed E-state index contributed by atoms with van der Waals surface area (Å²) in [6.07, 6.45) is 0. The molecule has 0 saturated heterocycles. The highest BCUT2D eigenvalue weighted by molar-refractivity contribution is 8.06. The lowest BCUT2D eigenvalue weighted by molar-refractivity contribution is -0.135. The lowest BCUT2D eigenvalue weighted by atomic mass is 10.4. The van der Waals surface area contributed by atoms with E-state index in [0.717, 1.165) is 9.79 Å². The second-order valence-electron chi connectivity index (χ2n) is 3.82. The minimum atomic E-state index is -0.317. The van der Waals surface area contributed by atoms with Gasteiger partial charge in [-0.05, 0) is 29.7 Å². The lowest BCUT2D eigenvalue weighted by Crippen LogP contribution is -2.01. The van der Waals surface area contributed by atoms with E-state index in [1.54, 1.807) is 0 Å². The number of esters is 1. The molecule has 2 nitrogen and oxygen atoms in total. The lowest BCUT2D eigenvalue weighted by Gasteiger charge is -2.05. The summed E-state index contributed by atoms with van der Waals surface area (Å²) in [6.45, 7) is 0. The Kier molecular flexibility index (Phi) is 5.77. The molecule has 0 bridgehead atoms.